The van der Waals surface area contributed by atoms with Crippen LogP contribution in [0.4, 0.5) is 0 Å². The normalized spacial score (nSPS) is 38.2. The second kappa shape index (κ2) is 36.2. The van der Waals surface area contributed by atoms with Crippen molar-refractivity contribution in [2.24, 2.45) is 80.3 Å². The summed E-state index contributed by atoms with van der Waals surface area (Å²) in [6.07, 6.45) is 46.2. The summed E-state index contributed by atoms with van der Waals surface area (Å²) in [7, 11) is 0. The molecule has 19 atom stereocenters. The zero-order chi connectivity index (χ0) is 74.8. The molecule has 10 aliphatic rings. The molecule has 0 saturated heterocycles. The van der Waals surface area contributed by atoms with Crippen molar-refractivity contribution >= 4 is 0 Å². The number of hydrogen-bond donors (Lipinski definition) is 10. The lowest BCUT2D eigenvalue weighted by atomic mass is 9.61. The molecule has 1 unspecified atom stereocenters. The molecule has 0 spiro atoms. The minimum Gasteiger partial charge on any atom is -0.393 e. The Morgan fingerprint density at radius 3 is 1.03 bits per heavy atom. The summed E-state index contributed by atoms with van der Waals surface area (Å²) in [6, 6.07) is 0. The van der Waals surface area contributed by atoms with Crippen LogP contribution in [0.1, 0.15) is 382 Å². The third-order valence-electron chi connectivity index (χ3n) is 29.5. The molecule has 10 rings (SSSR count). The Labute approximate surface area is 614 Å². The number of aliphatic hydroxyl groups excluding tert-OH is 5. The SMILES string of the molecule is C/C(=C/CCC(C)(C)O)[C@H]1CC[C@H]2[C@@H](O)CCC[C@]12C.C/C(=C\CCC(C)(C)O)[C@H]1CC[C@H]2[C@@H](O)CCC[C@]12C.C/C(CCCC(C)(C)O)=C1/CC[C@H]2[C@@H](O)CCC[C@]12C.C/C(CCCC(C)(C)O)=C1\CC[C@H]2[C@@H](O)CCC[C@]12C.CC(CCCC(C)(C)O)[C@H]1CC[C@H]2[C@@H](O)CCC[C@]12C. The third-order valence-corrected chi connectivity index (χ3v) is 29.5. The predicted molar refractivity (Wildman–Crippen MR) is 418 cm³/mol. The number of aliphatic hydroxyl groups is 10. The van der Waals surface area contributed by atoms with E-state index in [-0.39, 0.29) is 41.3 Å². The summed E-state index contributed by atoms with van der Waals surface area (Å²) >= 11 is 0. The van der Waals surface area contributed by atoms with Gasteiger partial charge in [-0.05, 0) is 389 Å². The van der Waals surface area contributed by atoms with Gasteiger partial charge < -0.3 is 51.1 Å². The van der Waals surface area contributed by atoms with Crippen molar-refractivity contribution in [2.75, 3.05) is 0 Å². The number of rotatable bonds is 21. The molecule has 100 heavy (non-hydrogen) atoms. The van der Waals surface area contributed by atoms with Crippen LogP contribution in [0.15, 0.2) is 45.6 Å². The zero-order valence-corrected chi connectivity index (χ0v) is 68.6. The molecule has 10 fully saturated rings. The summed E-state index contributed by atoms with van der Waals surface area (Å²) in [5.74, 6) is 5.25. The van der Waals surface area contributed by atoms with Gasteiger partial charge in [-0.2, -0.15) is 0 Å². The van der Waals surface area contributed by atoms with Gasteiger partial charge in [-0.1, -0.05) is 119 Å². The topological polar surface area (TPSA) is 202 Å². The number of allylic oxidation sites excluding steroid dienone is 8. The van der Waals surface area contributed by atoms with E-state index in [1.165, 1.54) is 131 Å². The lowest BCUT2D eigenvalue weighted by Crippen LogP contribution is -2.41. The zero-order valence-electron chi connectivity index (χ0n) is 68.6. The van der Waals surface area contributed by atoms with Crippen LogP contribution in [0.3, 0.4) is 0 Å². The predicted octanol–water partition coefficient (Wildman–Crippen LogP) is 20.7. The standard InChI is InChI=1S/C18H34O2.4C18H32O2/c5*1-13(7-5-11-17(2,3)20)14-9-10-15-16(19)8-6-12-18(14,15)4/h13-16,19-20H,5-12H2,1-4H3;2*15-16,19-20H,5-12H2,1-4H3;2*7,14-16,19-20H,5-6,8-12H2,1-4H3/b;14-13+;14-13-;13-7+;13-7-/t13?,14-,15+,16+,18-;2*15-,16-,18+;2*14-,15+,16+,18-/m10011/s1. The van der Waals surface area contributed by atoms with E-state index in [9.17, 15) is 51.1 Å². The van der Waals surface area contributed by atoms with Gasteiger partial charge in [0.15, 0.2) is 0 Å². The van der Waals surface area contributed by atoms with Gasteiger partial charge in [0.05, 0.1) is 58.5 Å². The summed E-state index contributed by atoms with van der Waals surface area (Å²) in [6.45, 7) is 42.3. The van der Waals surface area contributed by atoms with Crippen molar-refractivity contribution in [2.45, 2.75) is 441 Å². The molecular formula is C90H162O10. The molecule has 10 saturated carbocycles. The van der Waals surface area contributed by atoms with Crippen molar-refractivity contribution in [1.29, 1.82) is 0 Å². The van der Waals surface area contributed by atoms with E-state index in [0.29, 0.717) is 57.7 Å². The first kappa shape index (κ1) is 87.5. The maximum Gasteiger partial charge on any atom is 0.0594 e. The van der Waals surface area contributed by atoms with E-state index >= 15 is 0 Å². The van der Waals surface area contributed by atoms with Crippen molar-refractivity contribution in [3.8, 4) is 0 Å². The monoisotopic (exact) mass is 1400 g/mol. The minimum absolute atomic E-state index is 0.0534. The molecule has 10 N–H and O–H groups in total. The molecule has 0 aromatic rings. The Morgan fingerprint density at radius 2 is 0.680 bits per heavy atom. The van der Waals surface area contributed by atoms with Crippen LogP contribution in [0.2, 0.25) is 0 Å². The fourth-order valence-electron chi connectivity index (χ4n) is 23.8. The van der Waals surface area contributed by atoms with Crippen molar-refractivity contribution in [3.05, 3.63) is 45.6 Å². The Bertz CT molecular complexity index is 2490. The fraction of sp³-hybridized carbons (Fsp3) is 0.911. The first-order chi connectivity index (χ1) is 46.2. The van der Waals surface area contributed by atoms with Crippen LogP contribution in [-0.4, -0.2) is 110 Å². The second-order valence-electron chi connectivity index (χ2n) is 40.3. The van der Waals surface area contributed by atoms with E-state index < -0.39 is 28.0 Å². The second-order valence-corrected chi connectivity index (χ2v) is 40.3. The molecule has 10 aliphatic carbocycles. The minimum atomic E-state index is -0.570. The van der Waals surface area contributed by atoms with Gasteiger partial charge in [-0.25, -0.2) is 0 Å². The molecule has 0 bridgehead atoms. The van der Waals surface area contributed by atoms with Gasteiger partial charge in [-0.15, -0.1) is 0 Å². The summed E-state index contributed by atoms with van der Waals surface area (Å²) in [5, 5.41) is 100. The van der Waals surface area contributed by atoms with Gasteiger partial charge in [-0.3, -0.25) is 0 Å². The molecule has 0 radical (unpaired) electrons. The molecule has 582 valence electrons. The van der Waals surface area contributed by atoms with Crippen molar-refractivity contribution in [1.82, 2.24) is 0 Å². The van der Waals surface area contributed by atoms with Crippen LogP contribution >= 0.6 is 0 Å². The molecule has 0 heterocycles. The van der Waals surface area contributed by atoms with Crippen molar-refractivity contribution < 1.29 is 51.1 Å². The highest BCUT2D eigenvalue weighted by atomic mass is 16.3. The first-order valence-electron chi connectivity index (χ1n) is 41.9. The third kappa shape index (κ3) is 23.5. The molecule has 0 aromatic heterocycles. The molecule has 0 amide bonds. The molecule has 10 heteroatoms. The van der Waals surface area contributed by atoms with Gasteiger partial charge in [0, 0.05) is 0 Å². The largest absolute Gasteiger partial charge is 0.393 e. The van der Waals surface area contributed by atoms with E-state index in [2.05, 4.69) is 81.4 Å². The average molecular weight is 1400 g/mol. The lowest BCUT2D eigenvalue weighted by Gasteiger charge is -2.45. The summed E-state index contributed by atoms with van der Waals surface area (Å²) in [4.78, 5) is 0. The van der Waals surface area contributed by atoms with Crippen LogP contribution in [0.25, 0.3) is 0 Å². The molecule has 0 aliphatic heterocycles. The van der Waals surface area contributed by atoms with E-state index in [0.717, 1.165) is 147 Å². The van der Waals surface area contributed by atoms with Crippen LogP contribution in [-0.2, 0) is 0 Å². The van der Waals surface area contributed by atoms with Gasteiger partial charge in [0.25, 0.3) is 0 Å². The summed E-state index contributed by atoms with van der Waals surface area (Å²) < 4.78 is 0. The van der Waals surface area contributed by atoms with E-state index in [1.54, 1.807) is 11.1 Å². The Kier molecular flexibility index (Phi) is 31.6. The highest BCUT2D eigenvalue weighted by Gasteiger charge is 2.55. The lowest BCUT2D eigenvalue weighted by molar-refractivity contribution is -0.0283. The molecule has 0 aromatic carbocycles. The number of hydrogen-bond acceptors (Lipinski definition) is 10. The highest BCUT2D eigenvalue weighted by molar-refractivity contribution is 5.29. The Morgan fingerprint density at radius 1 is 0.380 bits per heavy atom. The molecule has 10 nitrogen and oxygen atoms in total. The van der Waals surface area contributed by atoms with E-state index in [1.807, 2.05) is 69.2 Å². The van der Waals surface area contributed by atoms with Gasteiger partial charge in [0.2, 0.25) is 0 Å². The fourth-order valence-corrected chi connectivity index (χ4v) is 23.8. The van der Waals surface area contributed by atoms with Gasteiger partial charge >= 0.3 is 0 Å². The van der Waals surface area contributed by atoms with Crippen LogP contribution in [0.5, 0.6) is 0 Å². The average Bonchev–Trinajstić information content (AvgIpc) is 1.55. The van der Waals surface area contributed by atoms with Gasteiger partial charge in [0.1, 0.15) is 0 Å². The Balaban J connectivity index is 0.000000197. The maximum absolute atomic E-state index is 10.3. The van der Waals surface area contributed by atoms with Crippen molar-refractivity contribution in [3.63, 3.8) is 0 Å². The highest BCUT2D eigenvalue weighted by Crippen LogP contribution is 2.62. The number of fused-ring (bicyclic) bond motifs is 5. The Hall–Kier alpha value is -1.44. The first-order valence-corrected chi connectivity index (χ1v) is 41.9. The smallest absolute Gasteiger partial charge is 0.0594 e. The van der Waals surface area contributed by atoms with Crippen LogP contribution in [0, 0.1) is 80.3 Å². The maximum atomic E-state index is 10.3. The van der Waals surface area contributed by atoms with Crippen LogP contribution < -0.4 is 0 Å². The molecular weight excluding hydrogens is 1240 g/mol. The van der Waals surface area contributed by atoms with E-state index in [4.69, 9.17) is 0 Å². The quantitative estimate of drug-likeness (QED) is 0.0493. The summed E-state index contributed by atoms with van der Waals surface area (Å²) in [5.41, 5.74) is 7.95.